The summed E-state index contributed by atoms with van der Waals surface area (Å²) in [6.07, 6.45) is 3.87. The topological polar surface area (TPSA) is 29.3 Å². The van der Waals surface area contributed by atoms with E-state index in [4.69, 9.17) is 5.73 Å². The summed E-state index contributed by atoms with van der Waals surface area (Å²) in [4.78, 5) is 2.65. The summed E-state index contributed by atoms with van der Waals surface area (Å²) >= 11 is 0. The molecule has 80 valence electrons. The molecule has 1 aliphatic carbocycles. The average molecular weight is 202 g/mol. The highest BCUT2D eigenvalue weighted by atomic mass is 15.2. The third-order valence-corrected chi connectivity index (χ3v) is 3.62. The smallest absolute Gasteiger partial charge is 0.0369 e. The minimum Gasteiger partial charge on any atom is -0.330 e. The van der Waals surface area contributed by atoms with Crippen LogP contribution in [0.4, 0.5) is 0 Å². The molecule has 15 heavy (non-hydrogen) atoms. The maximum Gasteiger partial charge on any atom is 0.0369 e. The molecule has 0 radical (unpaired) electrons. The number of rotatable bonds is 3. The zero-order chi connectivity index (χ0) is 10.3. The molecule has 1 atom stereocenters. The van der Waals surface area contributed by atoms with Crippen LogP contribution >= 0.6 is 0 Å². The first kappa shape index (κ1) is 9.37. The monoisotopic (exact) mass is 202 g/mol. The number of nitrogens with zero attached hydrogens (tertiary/aromatic N) is 1. The highest BCUT2D eigenvalue weighted by Gasteiger charge is 2.38. The Bertz CT molecular complexity index is 357. The van der Waals surface area contributed by atoms with Crippen LogP contribution in [0, 0.1) is 0 Å². The van der Waals surface area contributed by atoms with Crippen LogP contribution in [0.3, 0.4) is 0 Å². The molecular weight excluding hydrogens is 184 g/mol. The highest BCUT2D eigenvalue weighted by Crippen LogP contribution is 2.42. The molecule has 2 N–H and O–H groups in total. The van der Waals surface area contributed by atoms with Gasteiger partial charge in [0.25, 0.3) is 0 Å². The molecule has 1 aromatic rings. The summed E-state index contributed by atoms with van der Waals surface area (Å²) in [7, 11) is 0. The minimum atomic E-state index is 0.596. The predicted molar refractivity (Wildman–Crippen MR) is 61.4 cm³/mol. The molecule has 1 unspecified atom stereocenters. The molecule has 2 nitrogen and oxygen atoms in total. The van der Waals surface area contributed by atoms with Gasteiger partial charge in [0.05, 0.1) is 0 Å². The Morgan fingerprint density at radius 3 is 2.80 bits per heavy atom. The number of benzene rings is 1. The largest absolute Gasteiger partial charge is 0.330 e. The van der Waals surface area contributed by atoms with Gasteiger partial charge >= 0.3 is 0 Å². The van der Waals surface area contributed by atoms with Crippen molar-refractivity contribution >= 4 is 0 Å². The van der Waals surface area contributed by atoms with Crippen molar-refractivity contribution < 1.29 is 0 Å². The lowest BCUT2D eigenvalue weighted by Crippen LogP contribution is -2.26. The first-order valence-electron chi connectivity index (χ1n) is 5.94. The third-order valence-electron chi connectivity index (χ3n) is 3.62. The molecule has 2 aliphatic rings. The van der Waals surface area contributed by atoms with Crippen molar-refractivity contribution in [1.29, 1.82) is 0 Å². The SMILES string of the molecule is NCCC1c2ccccc2CN1C1CC1. The number of fused-ring (bicyclic) bond motifs is 1. The van der Waals surface area contributed by atoms with E-state index in [2.05, 4.69) is 29.2 Å². The van der Waals surface area contributed by atoms with Gasteiger partial charge in [0.15, 0.2) is 0 Å². The molecule has 3 rings (SSSR count). The van der Waals surface area contributed by atoms with E-state index in [1.54, 1.807) is 0 Å². The predicted octanol–water partition coefficient (Wildman–Crippen LogP) is 2.05. The van der Waals surface area contributed by atoms with Crippen molar-refractivity contribution in [2.45, 2.75) is 37.9 Å². The highest BCUT2D eigenvalue weighted by molar-refractivity contribution is 5.34. The Kier molecular flexibility index (Phi) is 2.26. The Morgan fingerprint density at radius 2 is 2.07 bits per heavy atom. The maximum atomic E-state index is 5.72. The molecule has 0 bridgehead atoms. The second-order valence-electron chi connectivity index (χ2n) is 4.70. The van der Waals surface area contributed by atoms with Crippen molar-refractivity contribution in [1.82, 2.24) is 4.90 Å². The number of nitrogens with two attached hydrogens (primary N) is 1. The lowest BCUT2D eigenvalue weighted by atomic mass is 10.0. The van der Waals surface area contributed by atoms with Crippen LogP contribution < -0.4 is 5.73 Å². The quantitative estimate of drug-likeness (QED) is 0.813. The molecule has 1 heterocycles. The molecule has 1 aromatic carbocycles. The van der Waals surface area contributed by atoms with Crippen LogP contribution in [0.2, 0.25) is 0 Å². The average Bonchev–Trinajstić information content (AvgIpc) is 3.04. The third kappa shape index (κ3) is 1.58. The van der Waals surface area contributed by atoms with Crippen LogP contribution in [-0.4, -0.2) is 17.5 Å². The van der Waals surface area contributed by atoms with Gasteiger partial charge in [0.2, 0.25) is 0 Å². The van der Waals surface area contributed by atoms with Crippen molar-refractivity contribution in [3.63, 3.8) is 0 Å². The molecule has 0 aromatic heterocycles. The fourth-order valence-corrected chi connectivity index (χ4v) is 2.76. The van der Waals surface area contributed by atoms with Crippen LogP contribution in [0.25, 0.3) is 0 Å². The van der Waals surface area contributed by atoms with Crippen molar-refractivity contribution in [3.05, 3.63) is 35.4 Å². The molecular formula is C13H18N2. The van der Waals surface area contributed by atoms with E-state index >= 15 is 0 Å². The fourth-order valence-electron chi connectivity index (χ4n) is 2.76. The van der Waals surface area contributed by atoms with Gasteiger partial charge in [-0.05, 0) is 36.9 Å². The van der Waals surface area contributed by atoms with E-state index in [1.165, 1.54) is 24.0 Å². The van der Waals surface area contributed by atoms with Gasteiger partial charge in [0.1, 0.15) is 0 Å². The normalized spacial score (nSPS) is 25.5. The van der Waals surface area contributed by atoms with E-state index in [0.717, 1.165) is 25.6 Å². The van der Waals surface area contributed by atoms with E-state index < -0.39 is 0 Å². The Hall–Kier alpha value is -0.860. The lowest BCUT2D eigenvalue weighted by molar-refractivity contribution is 0.197. The van der Waals surface area contributed by atoms with Gasteiger partial charge in [-0.1, -0.05) is 24.3 Å². The Balaban J connectivity index is 1.91. The van der Waals surface area contributed by atoms with Crippen LogP contribution in [0.15, 0.2) is 24.3 Å². The molecule has 2 heteroatoms. The van der Waals surface area contributed by atoms with Gasteiger partial charge in [0, 0.05) is 18.6 Å². The van der Waals surface area contributed by atoms with Crippen molar-refractivity contribution in [3.8, 4) is 0 Å². The lowest BCUT2D eigenvalue weighted by Gasteiger charge is -2.24. The number of hydrogen-bond donors (Lipinski definition) is 1. The summed E-state index contributed by atoms with van der Waals surface area (Å²) in [6, 6.07) is 10.3. The summed E-state index contributed by atoms with van der Waals surface area (Å²) in [5.74, 6) is 0. The summed E-state index contributed by atoms with van der Waals surface area (Å²) in [5.41, 5.74) is 8.76. The van der Waals surface area contributed by atoms with Crippen molar-refractivity contribution in [2.24, 2.45) is 5.73 Å². The van der Waals surface area contributed by atoms with E-state index in [9.17, 15) is 0 Å². The van der Waals surface area contributed by atoms with Gasteiger partial charge in [-0.2, -0.15) is 0 Å². The first-order valence-corrected chi connectivity index (χ1v) is 5.94. The van der Waals surface area contributed by atoms with Crippen LogP contribution in [0.1, 0.15) is 36.4 Å². The van der Waals surface area contributed by atoms with E-state index in [-0.39, 0.29) is 0 Å². The van der Waals surface area contributed by atoms with Gasteiger partial charge < -0.3 is 5.73 Å². The summed E-state index contributed by atoms with van der Waals surface area (Å²) in [6.45, 7) is 1.94. The van der Waals surface area contributed by atoms with Gasteiger partial charge in [-0.15, -0.1) is 0 Å². The zero-order valence-electron chi connectivity index (χ0n) is 9.02. The Morgan fingerprint density at radius 1 is 1.27 bits per heavy atom. The van der Waals surface area contributed by atoms with E-state index in [1.807, 2.05) is 0 Å². The maximum absolute atomic E-state index is 5.72. The minimum absolute atomic E-state index is 0.596. The zero-order valence-corrected chi connectivity index (χ0v) is 9.02. The van der Waals surface area contributed by atoms with Gasteiger partial charge in [-0.3, -0.25) is 4.90 Å². The fraction of sp³-hybridized carbons (Fsp3) is 0.538. The number of hydrogen-bond acceptors (Lipinski definition) is 2. The molecule has 0 spiro atoms. The summed E-state index contributed by atoms with van der Waals surface area (Å²) < 4.78 is 0. The van der Waals surface area contributed by atoms with Crippen LogP contribution in [-0.2, 0) is 6.54 Å². The second kappa shape index (κ2) is 3.62. The molecule has 0 amide bonds. The standard InChI is InChI=1S/C13H18N2/c14-8-7-13-12-4-2-1-3-10(12)9-15(13)11-5-6-11/h1-4,11,13H,5-9,14H2. The summed E-state index contributed by atoms with van der Waals surface area (Å²) in [5, 5.41) is 0. The molecule has 1 fully saturated rings. The molecule has 0 saturated heterocycles. The molecule has 1 saturated carbocycles. The van der Waals surface area contributed by atoms with Crippen LogP contribution in [0.5, 0.6) is 0 Å². The van der Waals surface area contributed by atoms with Crippen molar-refractivity contribution in [2.75, 3.05) is 6.54 Å². The second-order valence-corrected chi connectivity index (χ2v) is 4.70. The Labute approximate surface area is 91.1 Å². The van der Waals surface area contributed by atoms with E-state index in [0.29, 0.717) is 6.04 Å². The molecule has 1 aliphatic heterocycles. The first-order chi connectivity index (χ1) is 7.40. The van der Waals surface area contributed by atoms with Gasteiger partial charge in [-0.25, -0.2) is 0 Å².